The minimum atomic E-state index is -1.19. The molecule has 1 fully saturated rings. The van der Waals surface area contributed by atoms with Gasteiger partial charge in [0.25, 0.3) is 11.8 Å². The van der Waals surface area contributed by atoms with Crippen LogP contribution in [0.15, 0.2) is 60.7 Å². The molecule has 0 radical (unpaired) electrons. The fourth-order valence-corrected chi connectivity index (χ4v) is 5.83. The Labute approximate surface area is 288 Å². The number of hydrogen-bond acceptors (Lipinski definition) is 11. The fourth-order valence-electron chi connectivity index (χ4n) is 5.83. The number of anilines is 1. The predicted molar refractivity (Wildman–Crippen MR) is 178 cm³/mol. The van der Waals surface area contributed by atoms with Gasteiger partial charge in [0.1, 0.15) is 13.2 Å². The van der Waals surface area contributed by atoms with Gasteiger partial charge in [-0.15, -0.1) is 0 Å². The molecule has 3 aromatic rings. The highest BCUT2D eigenvalue weighted by Crippen LogP contribution is 2.46. The number of hydrogen-bond donors (Lipinski definition) is 1. The smallest absolute Gasteiger partial charge is 0.448 e. The molecule has 2 aliphatic rings. The summed E-state index contributed by atoms with van der Waals surface area (Å²) < 4.78 is 20.9. The molecule has 262 valence electrons. The lowest BCUT2D eigenvalue weighted by atomic mass is 9.93. The van der Waals surface area contributed by atoms with Crippen molar-refractivity contribution in [1.29, 1.82) is 0 Å². The zero-order valence-corrected chi connectivity index (χ0v) is 27.9. The Morgan fingerprint density at radius 1 is 0.740 bits per heavy atom. The van der Waals surface area contributed by atoms with Gasteiger partial charge in [0.05, 0.1) is 0 Å². The van der Waals surface area contributed by atoms with Crippen molar-refractivity contribution in [3.05, 3.63) is 88.5 Å². The van der Waals surface area contributed by atoms with Crippen LogP contribution in [-0.2, 0) is 40.0 Å². The lowest BCUT2D eigenvalue weighted by molar-refractivity contribution is -0.177. The SMILES string of the molecule is COCCCC(=O)c1ccc2c(c1)C(COC(=O)Nc1ccc(COC(=O)ON3C(=O)CCC3=O)cc1)c1cc(C(=O)CCCOC)ccc1-2. The topological polar surface area (TPSA) is 164 Å². The van der Waals surface area contributed by atoms with Crippen LogP contribution in [0, 0.1) is 0 Å². The molecular formula is C37H38N2O11. The molecule has 0 saturated carbocycles. The van der Waals surface area contributed by atoms with E-state index in [0.717, 1.165) is 22.3 Å². The molecule has 0 spiro atoms. The third kappa shape index (κ3) is 8.79. The van der Waals surface area contributed by atoms with Crippen molar-refractivity contribution < 1.29 is 52.6 Å². The van der Waals surface area contributed by atoms with Crippen molar-refractivity contribution in [2.75, 3.05) is 39.4 Å². The third-order valence-corrected chi connectivity index (χ3v) is 8.40. The Morgan fingerprint density at radius 2 is 1.28 bits per heavy atom. The molecule has 0 bridgehead atoms. The number of fused-ring (bicyclic) bond motifs is 3. The number of amides is 3. The summed E-state index contributed by atoms with van der Waals surface area (Å²) in [7, 11) is 3.18. The summed E-state index contributed by atoms with van der Waals surface area (Å²) in [4.78, 5) is 78.7. The summed E-state index contributed by atoms with van der Waals surface area (Å²) in [5, 5.41) is 3.07. The highest BCUT2D eigenvalue weighted by molar-refractivity contribution is 6.01. The molecule has 0 atom stereocenters. The molecule has 5 rings (SSSR count). The number of carbonyl (C=O) groups is 6. The monoisotopic (exact) mass is 686 g/mol. The van der Waals surface area contributed by atoms with Gasteiger partial charge in [0.15, 0.2) is 11.6 Å². The largest absolute Gasteiger partial charge is 0.534 e. The van der Waals surface area contributed by atoms with Gasteiger partial charge in [-0.25, -0.2) is 9.59 Å². The van der Waals surface area contributed by atoms with Gasteiger partial charge in [-0.05, 0) is 64.9 Å². The Morgan fingerprint density at radius 3 is 1.80 bits per heavy atom. The van der Waals surface area contributed by atoms with Crippen molar-refractivity contribution in [1.82, 2.24) is 5.06 Å². The molecule has 1 N–H and O–H groups in total. The second-order valence-corrected chi connectivity index (χ2v) is 11.8. The van der Waals surface area contributed by atoms with E-state index in [4.69, 9.17) is 18.9 Å². The predicted octanol–water partition coefficient (Wildman–Crippen LogP) is 5.98. The molecule has 1 aliphatic carbocycles. The summed E-state index contributed by atoms with van der Waals surface area (Å²) in [6, 6.07) is 17.5. The normalized spacial score (nSPS) is 13.5. The molecule has 1 saturated heterocycles. The summed E-state index contributed by atoms with van der Waals surface area (Å²) in [5.74, 6) is -1.69. The second kappa shape index (κ2) is 16.8. The van der Waals surface area contributed by atoms with E-state index in [9.17, 15) is 28.8 Å². The van der Waals surface area contributed by atoms with Crippen LogP contribution in [0.5, 0.6) is 0 Å². The number of Topliss-reactive ketones (excluding diaryl/α,β-unsaturated/α-hetero) is 2. The van der Waals surface area contributed by atoms with Crippen LogP contribution in [0.2, 0.25) is 0 Å². The van der Waals surface area contributed by atoms with Crippen LogP contribution in [0.25, 0.3) is 11.1 Å². The van der Waals surface area contributed by atoms with Crippen LogP contribution >= 0.6 is 0 Å². The van der Waals surface area contributed by atoms with E-state index in [0.29, 0.717) is 66.3 Å². The van der Waals surface area contributed by atoms with E-state index >= 15 is 0 Å². The number of ketones is 2. The third-order valence-electron chi connectivity index (χ3n) is 8.40. The molecule has 1 aliphatic heterocycles. The quantitative estimate of drug-likeness (QED) is 0.0816. The molecule has 50 heavy (non-hydrogen) atoms. The molecular weight excluding hydrogens is 648 g/mol. The van der Waals surface area contributed by atoms with Gasteiger partial charge in [-0.1, -0.05) is 41.5 Å². The van der Waals surface area contributed by atoms with E-state index in [1.807, 2.05) is 24.3 Å². The number of benzene rings is 3. The highest BCUT2D eigenvalue weighted by atomic mass is 16.8. The van der Waals surface area contributed by atoms with E-state index in [1.54, 1.807) is 50.6 Å². The summed E-state index contributed by atoms with van der Waals surface area (Å²) in [6.45, 7) is 0.703. The van der Waals surface area contributed by atoms with Gasteiger partial charge >= 0.3 is 12.2 Å². The number of nitrogens with one attached hydrogen (secondary N) is 1. The number of carbonyl (C=O) groups excluding carboxylic acids is 6. The van der Waals surface area contributed by atoms with Gasteiger partial charge in [-0.2, -0.15) is 0 Å². The number of ether oxygens (including phenoxy) is 4. The second-order valence-electron chi connectivity index (χ2n) is 11.8. The Bertz CT molecular complexity index is 1680. The minimum absolute atomic E-state index is 0.0187. The van der Waals surface area contributed by atoms with E-state index in [2.05, 4.69) is 10.2 Å². The molecule has 0 aromatic heterocycles. The van der Waals surface area contributed by atoms with Gasteiger partial charge < -0.3 is 18.9 Å². The van der Waals surface area contributed by atoms with Crippen LogP contribution < -0.4 is 5.32 Å². The number of rotatable bonds is 16. The average Bonchev–Trinajstić information content (AvgIpc) is 3.60. The van der Waals surface area contributed by atoms with Crippen molar-refractivity contribution in [3.63, 3.8) is 0 Å². The highest BCUT2D eigenvalue weighted by Gasteiger charge is 2.34. The summed E-state index contributed by atoms with van der Waals surface area (Å²) in [6.07, 6.45) is -0.114. The lowest BCUT2D eigenvalue weighted by Crippen LogP contribution is -2.32. The summed E-state index contributed by atoms with van der Waals surface area (Å²) in [5.41, 5.74) is 5.53. The van der Waals surface area contributed by atoms with Gasteiger partial charge in [0, 0.05) is 75.8 Å². The lowest BCUT2D eigenvalue weighted by Gasteiger charge is -2.16. The van der Waals surface area contributed by atoms with Crippen LogP contribution in [0.1, 0.15) is 81.8 Å². The Hall–Kier alpha value is -5.40. The van der Waals surface area contributed by atoms with E-state index in [1.165, 1.54) is 0 Å². The van der Waals surface area contributed by atoms with Crippen LogP contribution in [0.3, 0.4) is 0 Å². The first-order chi connectivity index (χ1) is 24.2. The maximum atomic E-state index is 13.0. The Kier molecular flexibility index (Phi) is 12.1. The van der Waals surface area contributed by atoms with Gasteiger partial charge in [-0.3, -0.25) is 29.3 Å². The molecule has 1 heterocycles. The molecule has 3 amide bonds. The molecule has 13 nitrogen and oxygen atoms in total. The summed E-state index contributed by atoms with van der Waals surface area (Å²) >= 11 is 0. The number of hydroxylamine groups is 2. The maximum Gasteiger partial charge on any atom is 0.534 e. The molecule has 13 heteroatoms. The van der Waals surface area contributed by atoms with Crippen molar-refractivity contribution >= 4 is 41.3 Å². The van der Waals surface area contributed by atoms with E-state index < -0.39 is 30.0 Å². The van der Waals surface area contributed by atoms with E-state index in [-0.39, 0.29) is 37.6 Å². The molecule has 0 unspecified atom stereocenters. The van der Waals surface area contributed by atoms with Crippen molar-refractivity contribution in [2.45, 2.75) is 51.0 Å². The first-order valence-electron chi connectivity index (χ1n) is 16.2. The average molecular weight is 687 g/mol. The van der Waals surface area contributed by atoms with Gasteiger partial charge in [0.2, 0.25) is 0 Å². The maximum absolute atomic E-state index is 13.0. The standard InChI is InChI=1S/C37H38N2O11/c1-46-17-3-5-32(40)24-9-13-27-28-14-10-25(33(41)6-4-18-47-2)20-30(28)31(29(27)19-24)22-48-36(44)38-26-11-7-23(8-12-26)21-49-37(45)50-39-34(42)15-16-35(39)43/h7-14,19-20,31H,3-6,15-18,21-22H2,1-2H3,(H,38,44). The van der Waals surface area contributed by atoms with Crippen LogP contribution in [-0.4, -0.2) is 74.7 Å². The van der Waals surface area contributed by atoms with Crippen LogP contribution in [0.4, 0.5) is 15.3 Å². The molecule has 3 aromatic carbocycles. The Balaban J connectivity index is 1.24. The first kappa shape index (κ1) is 35.9. The van der Waals surface area contributed by atoms with Crippen molar-refractivity contribution in [3.8, 4) is 11.1 Å². The first-order valence-corrected chi connectivity index (χ1v) is 16.2. The zero-order valence-electron chi connectivity index (χ0n) is 27.9. The van der Waals surface area contributed by atoms with Crippen molar-refractivity contribution in [2.24, 2.45) is 0 Å². The fraction of sp³-hybridized carbons (Fsp3) is 0.351. The number of methoxy groups -OCH3 is 2. The zero-order chi connectivity index (χ0) is 35.6. The minimum Gasteiger partial charge on any atom is -0.448 e. The number of imide groups is 1. The number of nitrogens with zero attached hydrogens (tertiary/aromatic N) is 1.